The second kappa shape index (κ2) is 8.12. The van der Waals surface area contributed by atoms with Gasteiger partial charge in [0.15, 0.2) is 11.5 Å². The van der Waals surface area contributed by atoms with Gasteiger partial charge in [0.2, 0.25) is 5.95 Å². The summed E-state index contributed by atoms with van der Waals surface area (Å²) in [6, 6.07) is 11.4. The van der Waals surface area contributed by atoms with Gasteiger partial charge in [0.1, 0.15) is 5.82 Å². The fraction of sp³-hybridized carbons (Fsp3) is 0.286. The zero-order valence-corrected chi connectivity index (χ0v) is 16.8. The SMILES string of the molecule is COc1ccc(Nc2cc(-c3cccnc3)nc(NC(C)(C)C)n2)cc1OC. The van der Waals surface area contributed by atoms with E-state index in [-0.39, 0.29) is 5.54 Å². The summed E-state index contributed by atoms with van der Waals surface area (Å²) in [5.41, 5.74) is 2.35. The number of nitrogens with one attached hydrogen (secondary N) is 2. The van der Waals surface area contributed by atoms with Gasteiger partial charge in [-0.3, -0.25) is 4.98 Å². The fourth-order valence-corrected chi connectivity index (χ4v) is 2.63. The Morgan fingerprint density at radius 2 is 1.71 bits per heavy atom. The van der Waals surface area contributed by atoms with Gasteiger partial charge in [-0.2, -0.15) is 4.98 Å². The number of benzene rings is 1. The van der Waals surface area contributed by atoms with E-state index < -0.39 is 0 Å². The summed E-state index contributed by atoms with van der Waals surface area (Å²) in [6.45, 7) is 6.19. The molecule has 0 bridgehead atoms. The molecule has 0 aliphatic rings. The van der Waals surface area contributed by atoms with Crippen LogP contribution in [0.2, 0.25) is 0 Å². The van der Waals surface area contributed by atoms with Crippen molar-refractivity contribution in [1.29, 1.82) is 0 Å². The fourth-order valence-electron chi connectivity index (χ4n) is 2.63. The molecule has 0 saturated heterocycles. The van der Waals surface area contributed by atoms with E-state index >= 15 is 0 Å². The number of anilines is 3. The van der Waals surface area contributed by atoms with Gasteiger partial charge in [0.05, 0.1) is 19.9 Å². The Kier molecular flexibility index (Phi) is 5.63. The van der Waals surface area contributed by atoms with Crippen molar-refractivity contribution in [3.05, 3.63) is 48.8 Å². The summed E-state index contributed by atoms with van der Waals surface area (Å²) < 4.78 is 10.7. The molecular weight excluding hydrogens is 354 g/mol. The molecular formula is C21H25N5O2. The minimum absolute atomic E-state index is 0.172. The second-order valence-electron chi connectivity index (χ2n) is 7.27. The number of rotatable bonds is 6. The Morgan fingerprint density at radius 1 is 0.929 bits per heavy atom. The lowest BCUT2D eigenvalue weighted by Gasteiger charge is -2.21. The van der Waals surface area contributed by atoms with Crippen LogP contribution >= 0.6 is 0 Å². The first kappa shape index (κ1) is 19.4. The zero-order chi connectivity index (χ0) is 20.1. The highest BCUT2D eigenvalue weighted by Crippen LogP contribution is 2.31. The summed E-state index contributed by atoms with van der Waals surface area (Å²) in [7, 11) is 3.22. The molecule has 0 unspecified atom stereocenters. The van der Waals surface area contributed by atoms with Crippen LogP contribution in [0.3, 0.4) is 0 Å². The topological polar surface area (TPSA) is 81.2 Å². The summed E-state index contributed by atoms with van der Waals surface area (Å²) in [4.78, 5) is 13.4. The van der Waals surface area contributed by atoms with E-state index in [0.717, 1.165) is 16.9 Å². The standard InChI is InChI=1S/C21H25N5O2/c1-21(2,3)26-20-24-16(14-7-6-10-22-13-14)12-19(25-20)23-15-8-9-17(27-4)18(11-15)28-5/h6-13H,1-5H3,(H2,23,24,25,26). The van der Waals surface area contributed by atoms with E-state index in [4.69, 9.17) is 9.47 Å². The molecule has 0 amide bonds. The molecule has 0 atom stereocenters. The molecule has 1 aromatic carbocycles. The van der Waals surface area contributed by atoms with Crippen LogP contribution in [0, 0.1) is 0 Å². The molecule has 0 saturated carbocycles. The molecule has 2 heterocycles. The van der Waals surface area contributed by atoms with Gasteiger partial charge >= 0.3 is 0 Å². The maximum Gasteiger partial charge on any atom is 0.225 e. The number of hydrogen-bond acceptors (Lipinski definition) is 7. The van der Waals surface area contributed by atoms with Crippen molar-refractivity contribution in [2.45, 2.75) is 26.3 Å². The van der Waals surface area contributed by atoms with Gasteiger partial charge in [-0.05, 0) is 45.0 Å². The van der Waals surface area contributed by atoms with Crippen LogP contribution in [-0.2, 0) is 0 Å². The quantitative estimate of drug-likeness (QED) is 0.652. The lowest BCUT2D eigenvalue weighted by molar-refractivity contribution is 0.355. The lowest BCUT2D eigenvalue weighted by Crippen LogP contribution is -2.27. The molecule has 3 rings (SSSR count). The maximum atomic E-state index is 5.38. The van der Waals surface area contributed by atoms with Gasteiger partial charge in [0.25, 0.3) is 0 Å². The Hall–Kier alpha value is -3.35. The smallest absolute Gasteiger partial charge is 0.225 e. The first-order chi connectivity index (χ1) is 13.4. The number of methoxy groups -OCH3 is 2. The predicted octanol–water partition coefficient (Wildman–Crippen LogP) is 4.51. The summed E-state index contributed by atoms with van der Waals surface area (Å²) in [5.74, 6) is 2.51. The van der Waals surface area contributed by atoms with Gasteiger partial charge in [0, 0.05) is 41.3 Å². The Morgan fingerprint density at radius 3 is 2.36 bits per heavy atom. The molecule has 7 heteroatoms. The van der Waals surface area contributed by atoms with Crippen LogP contribution in [0.4, 0.5) is 17.5 Å². The summed E-state index contributed by atoms with van der Waals surface area (Å²) in [6.07, 6.45) is 3.52. The Balaban J connectivity index is 1.98. The average Bonchev–Trinajstić information content (AvgIpc) is 2.67. The van der Waals surface area contributed by atoms with Crippen molar-refractivity contribution < 1.29 is 9.47 Å². The average molecular weight is 379 g/mol. The predicted molar refractivity (Wildman–Crippen MR) is 111 cm³/mol. The van der Waals surface area contributed by atoms with Crippen LogP contribution in [0.15, 0.2) is 48.8 Å². The van der Waals surface area contributed by atoms with E-state index in [2.05, 4.69) is 46.4 Å². The molecule has 3 aromatic rings. The minimum Gasteiger partial charge on any atom is -0.493 e. The molecule has 0 spiro atoms. The van der Waals surface area contributed by atoms with Crippen molar-refractivity contribution in [2.75, 3.05) is 24.9 Å². The highest BCUT2D eigenvalue weighted by atomic mass is 16.5. The molecule has 7 nitrogen and oxygen atoms in total. The maximum absolute atomic E-state index is 5.38. The number of hydrogen-bond donors (Lipinski definition) is 2. The van der Waals surface area contributed by atoms with E-state index in [9.17, 15) is 0 Å². The summed E-state index contributed by atoms with van der Waals surface area (Å²) >= 11 is 0. The number of aromatic nitrogens is 3. The molecule has 0 radical (unpaired) electrons. The van der Waals surface area contributed by atoms with Crippen molar-refractivity contribution in [3.63, 3.8) is 0 Å². The molecule has 2 N–H and O–H groups in total. The summed E-state index contributed by atoms with van der Waals surface area (Å²) in [5, 5.41) is 6.65. The highest BCUT2D eigenvalue weighted by Gasteiger charge is 2.14. The van der Waals surface area contributed by atoms with E-state index in [1.54, 1.807) is 26.6 Å². The Labute approximate surface area is 165 Å². The largest absolute Gasteiger partial charge is 0.493 e. The van der Waals surface area contributed by atoms with Gasteiger partial charge in [-0.15, -0.1) is 0 Å². The molecule has 0 aliphatic carbocycles. The molecule has 2 aromatic heterocycles. The van der Waals surface area contributed by atoms with Crippen molar-refractivity contribution in [3.8, 4) is 22.8 Å². The van der Waals surface area contributed by atoms with Crippen LogP contribution in [0.25, 0.3) is 11.3 Å². The molecule has 0 fully saturated rings. The molecule has 0 aliphatic heterocycles. The monoisotopic (exact) mass is 379 g/mol. The zero-order valence-electron chi connectivity index (χ0n) is 16.8. The van der Waals surface area contributed by atoms with Crippen molar-refractivity contribution in [1.82, 2.24) is 15.0 Å². The third-order valence-electron chi connectivity index (χ3n) is 3.83. The van der Waals surface area contributed by atoms with Gasteiger partial charge in [-0.1, -0.05) is 0 Å². The number of pyridine rings is 1. The van der Waals surface area contributed by atoms with Crippen molar-refractivity contribution >= 4 is 17.5 Å². The lowest BCUT2D eigenvalue weighted by atomic mass is 10.1. The van der Waals surface area contributed by atoms with Crippen LogP contribution < -0.4 is 20.1 Å². The highest BCUT2D eigenvalue weighted by molar-refractivity contribution is 5.68. The van der Waals surface area contributed by atoms with Crippen LogP contribution in [0.1, 0.15) is 20.8 Å². The Bertz CT molecular complexity index is 939. The van der Waals surface area contributed by atoms with Crippen LogP contribution in [0.5, 0.6) is 11.5 Å². The van der Waals surface area contributed by atoms with E-state index in [0.29, 0.717) is 23.3 Å². The van der Waals surface area contributed by atoms with Crippen molar-refractivity contribution in [2.24, 2.45) is 0 Å². The first-order valence-electron chi connectivity index (χ1n) is 8.94. The van der Waals surface area contributed by atoms with Gasteiger partial charge in [-0.25, -0.2) is 4.98 Å². The molecule has 28 heavy (non-hydrogen) atoms. The normalized spacial score (nSPS) is 11.0. The van der Waals surface area contributed by atoms with Gasteiger partial charge < -0.3 is 20.1 Å². The first-order valence-corrected chi connectivity index (χ1v) is 8.94. The van der Waals surface area contributed by atoms with E-state index in [1.807, 2.05) is 36.4 Å². The third-order valence-corrected chi connectivity index (χ3v) is 3.83. The number of ether oxygens (including phenoxy) is 2. The molecule has 146 valence electrons. The van der Waals surface area contributed by atoms with Crippen LogP contribution in [-0.4, -0.2) is 34.7 Å². The second-order valence-corrected chi connectivity index (χ2v) is 7.27. The number of nitrogens with zero attached hydrogens (tertiary/aromatic N) is 3. The third kappa shape index (κ3) is 4.88. The minimum atomic E-state index is -0.172. The van der Waals surface area contributed by atoms with E-state index in [1.165, 1.54) is 0 Å².